The van der Waals surface area contributed by atoms with Gasteiger partial charge >= 0.3 is 0 Å². The molecule has 4 nitrogen and oxygen atoms in total. The van der Waals surface area contributed by atoms with Gasteiger partial charge in [-0.2, -0.15) is 5.10 Å². The van der Waals surface area contributed by atoms with Crippen molar-refractivity contribution in [3.63, 3.8) is 0 Å². The third-order valence-electron chi connectivity index (χ3n) is 6.20. The molecule has 0 radical (unpaired) electrons. The molecule has 2 fully saturated rings. The van der Waals surface area contributed by atoms with E-state index in [0.717, 1.165) is 67.9 Å². The van der Waals surface area contributed by atoms with Crippen molar-refractivity contribution in [2.75, 3.05) is 13.1 Å². The first-order valence-electron chi connectivity index (χ1n) is 9.63. The summed E-state index contributed by atoms with van der Waals surface area (Å²) in [5.41, 5.74) is 1.95. The topological polar surface area (TPSA) is 38.1 Å². The van der Waals surface area contributed by atoms with Gasteiger partial charge in [-0.3, -0.25) is 9.48 Å². The molecule has 26 heavy (non-hydrogen) atoms. The molecular weight excluding hydrogens is 346 g/mol. The lowest BCUT2D eigenvalue weighted by atomic mass is 9.77. The number of benzene rings is 1. The first-order chi connectivity index (χ1) is 12.6. The molecule has 138 valence electrons. The molecule has 1 saturated carbocycles. The summed E-state index contributed by atoms with van der Waals surface area (Å²) in [6.07, 6.45) is 8.15. The van der Waals surface area contributed by atoms with Crippen molar-refractivity contribution < 1.29 is 4.79 Å². The lowest BCUT2D eigenvalue weighted by molar-refractivity contribution is -0.138. The number of halogens is 1. The molecule has 0 bridgehead atoms. The van der Waals surface area contributed by atoms with Gasteiger partial charge in [0.2, 0.25) is 5.91 Å². The maximum atomic E-state index is 13.5. The molecule has 4 rings (SSSR count). The Kier molecular flexibility index (Phi) is 4.78. The normalized spacial score (nSPS) is 20.5. The van der Waals surface area contributed by atoms with Crippen molar-refractivity contribution in [3.05, 3.63) is 52.8 Å². The van der Waals surface area contributed by atoms with Crippen LogP contribution in [0, 0.1) is 0 Å². The van der Waals surface area contributed by atoms with E-state index in [2.05, 4.69) is 16.1 Å². The zero-order valence-electron chi connectivity index (χ0n) is 15.3. The van der Waals surface area contributed by atoms with Gasteiger partial charge in [-0.05, 0) is 49.4 Å². The average molecular weight is 372 g/mol. The molecule has 0 spiro atoms. The van der Waals surface area contributed by atoms with Gasteiger partial charge in [-0.25, -0.2) is 0 Å². The second-order valence-electron chi connectivity index (χ2n) is 7.78. The van der Waals surface area contributed by atoms with Crippen LogP contribution in [-0.2, 0) is 17.3 Å². The summed E-state index contributed by atoms with van der Waals surface area (Å²) in [6.45, 7) is 1.66. The second-order valence-corrected chi connectivity index (χ2v) is 8.21. The minimum absolute atomic E-state index is 0.316. The van der Waals surface area contributed by atoms with Gasteiger partial charge in [0.15, 0.2) is 0 Å². The van der Waals surface area contributed by atoms with Crippen LogP contribution in [0.5, 0.6) is 0 Å². The van der Waals surface area contributed by atoms with E-state index in [1.54, 1.807) is 0 Å². The fourth-order valence-electron chi connectivity index (χ4n) is 4.71. The van der Waals surface area contributed by atoms with Crippen molar-refractivity contribution >= 4 is 17.5 Å². The van der Waals surface area contributed by atoms with Gasteiger partial charge < -0.3 is 4.90 Å². The summed E-state index contributed by atoms with van der Waals surface area (Å²) in [6, 6.07) is 10.0. The van der Waals surface area contributed by atoms with E-state index in [1.165, 1.54) is 0 Å². The van der Waals surface area contributed by atoms with Crippen LogP contribution in [0.2, 0.25) is 5.02 Å². The van der Waals surface area contributed by atoms with Gasteiger partial charge in [-0.1, -0.05) is 36.6 Å². The molecule has 1 aliphatic heterocycles. The third-order valence-corrected chi connectivity index (χ3v) is 6.45. The summed E-state index contributed by atoms with van der Waals surface area (Å²) in [4.78, 5) is 15.6. The molecule has 0 unspecified atom stereocenters. The van der Waals surface area contributed by atoms with Crippen molar-refractivity contribution in [1.29, 1.82) is 0 Å². The van der Waals surface area contributed by atoms with Crippen molar-refractivity contribution in [3.8, 4) is 0 Å². The Hall–Kier alpha value is -1.81. The molecule has 1 aromatic heterocycles. The lowest BCUT2D eigenvalue weighted by Gasteiger charge is -2.38. The van der Waals surface area contributed by atoms with Gasteiger partial charge in [0.05, 0.1) is 11.1 Å². The molecule has 5 heteroatoms. The van der Waals surface area contributed by atoms with Crippen molar-refractivity contribution in [1.82, 2.24) is 14.7 Å². The predicted octanol–water partition coefficient (Wildman–Crippen LogP) is 4.29. The Morgan fingerprint density at radius 2 is 1.77 bits per heavy atom. The summed E-state index contributed by atoms with van der Waals surface area (Å²) in [7, 11) is 1.96. The maximum absolute atomic E-state index is 13.5. The number of carbonyl (C=O) groups excluding carboxylic acids is 1. The highest BCUT2D eigenvalue weighted by Crippen LogP contribution is 2.43. The quantitative estimate of drug-likeness (QED) is 0.807. The van der Waals surface area contributed by atoms with E-state index < -0.39 is 0 Å². The number of rotatable bonds is 3. The summed E-state index contributed by atoms with van der Waals surface area (Å²) in [5.74, 6) is 0.784. The van der Waals surface area contributed by atoms with Crippen LogP contribution in [0.15, 0.2) is 36.5 Å². The monoisotopic (exact) mass is 371 g/mol. The van der Waals surface area contributed by atoms with Gasteiger partial charge in [0, 0.05) is 37.3 Å². The van der Waals surface area contributed by atoms with Crippen molar-refractivity contribution in [2.24, 2.45) is 7.05 Å². The molecule has 1 aliphatic carbocycles. The van der Waals surface area contributed by atoms with E-state index in [1.807, 2.05) is 42.2 Å². The molecule has 1 saturated heterocycles. The van der Waals surface area contributed by atoms with Crippen molar-refractivity contribution in [2.45, 2.75) is 49.9 Å². The summed E-state index contributed by atoms with van der Waals surface area (Å²) in [5, 5.41) is 5.28. The highest BCUT2D eigenvalue weighted by molar-refractivity contribution is 6.30. The smallest absolute Gasteiger partial charge is 0.233 e. The summed E-state index contributed by atoms with van der Waals surface area (Å²) < 4.78 is 1.86. The zero-order valence-corrected chi connectivity index (χ0v) is 16.1. The maximum Gasteiger partial charge on any atom is 0.233 e. The molecule has 2 aliphatic rings. The van der Waals surface area contributed by atoms with E-state index in [0.29, 0.717) is 11.8 Å². The van der Waals surface area contributed by atoms with E-state index in [9.17, 15) is 4.79 Å². The summed E-state index contributed by atoms with van der Waals surface area (Å²) >= 11 is 6.07. The molecule has 2 heterocycles. The molecule has 1 amide bonds. The van der Waals surface area contributed by atoms with Crippen LogP contribution in [0.1, 0.15) is 55.7 Å². The number of carbonyl (C=O) groups is 1. The predicted molar refractivity (Wildman–Crippen MR) is 103 cm³/mol. The number of amides is 1. The molecule has 1 aromatic carbocycles. The highest BCUT2D eigenvalue weighted by atomic mass is 35.5. The number of aryl methyl sites for hydroxylation is 1. The van der Waals surface area contributed by atoms with Crippen LogP contribution >= 0.6 is 11.6 Å². The van der Waals surface area contributed by atoms with Gasteiger partial charge in [-0.15, -0.1) is 0 Å². The van der Waals surface area contributed by atoms with E-state index >= 15 is 0 Å². The van der Waals surface area contributed by atoms with E-state index in [4.69, 9.17) is 11.6 Å². The fraction of sp³-hybridized carbons (Fsp3) is 0.524. The van der Waals surface area contributed by atoms with Crippen LogP contribution in [-0.4, -0.2) is 33.7 Å². The lowest BCUT2D eigenvalue weighted by Crippen LogP contribution is -2.48. The highest BCUT2D eigenvalue weighted by Gasteiger charge is 2.45. The largest absolute Gasteiger partial charge is 0.342 e. The second kappa shape index (κ2) is 7.07. The third kappa shape index (κ3) is 3.16. The Morgan fingerprint density at radius 3 is 2.35 bits per heavy atom. The first kappa shape index (κ1) is 17.6. The zero-order chi connectivity index (χ0) is 18.1. The van der Waals surface area contributed by atoms with E-state index in [-0.39, 0.29) is 5.41 Å². The molecular formula is C21H26ClN3O. The first-order valence-corrected chi connectivity index (χ1v) is 10.0. The van der Waals surface area contributed by atoms with Gasteiger partial charge in [0.25, 0.3) is 0 Å². The molecule has 2 aromatic rings. The number of likely N-dealkylation sites (tertiary alicyclic amines) is 1. The Bertz CT molecular complexity index is 769. The SMILES string of the molecule is Cn1ccc(C2CCN(C(=O)C3(c4ccc(Cl)cc4)CCCC3)CC2)n1. The fourth-order valence-corrected chi connectivity index (χ4v) is 4.83. The standard InChI is InChI=1S/C21H26ClN3O/c1-24-13-10-19(23-24)16-8-14-25(15-9-16)20(26)21(11-2-3-12-21)17-4-6-18(22)7-5-17/h4-7,10,13,16H,2-3,8-9,11-12,14-15H2,1H3. The van der Waals surface area contributed by atoms with Crippen LogP contribution in [0.3, 0.4) is 0 Å². The number of hydrogen-bond acceptors (Lipinski definition) is 2. The number of nitrogens with zero attached hydrogens (tertiary/aromatic N) is 3. The Labute approximate surface area is 160 Å². The number of hydrogen-bond donors (Lipinski definition) is 0. The number of aromatic nitrogens is 2. The minimum Gasteiger partial charge on any atom is -0.342 e. The molecule has 0 atom stereocenters. The van der Waals surface area contributed by atoms with Gasteiger partial charge in [0.1, 0.15) is 0 Å². The molecule has 0 N–H and O–H groups in total. The Balaban J connectivity index is 1.50. The average Bonchev–Trinajstić information content (AvgIpc) is 3.32. The number of piperidine rings is 1. The van der Waals surface area contributed by atoms with Crippen LogP contribution in [0.4, 0.5) is 0 Å². The Morgan fingerprint density at radius 1 is 1.12 bits per heavy atom. The van der Waals surface area contributed by atoms with Crippen LogP contribution in [0.25, 0.3) is 0 Å². The van der Waals surface area contributed by atoms with Crippen LogP contribution < -0.4 is 0 Å². The minimum atomic E-state index is -0.345.